The lowest BCUT2D eigenvalue weighted by Crippen LogP contribution is -2.55. The van der Waals surface area contributed by atoms with E-state index in [4.69, 9.17) is 1.37 Å². The molecule has 0 atom stereocenters. The third kappa shape index (κ3) is 2.72. The zero-order valence-electron chi connectivity index (χ0n) is 14.3. The van der Waals surface area contributed by atoms with Crippen molar-refractivity contribution in [3.8, 4) is 0 Å². The number of hydrogen-bond acceptors (Lipinski definition) is 3. The highest BCUT2D eigenvalue weighted by Gasteiger charge is 2.25. The third-order valence-corrected chi connectivity index (χ3v) is 3.95. The van der Waals surface area contributed by atoms with E-state index in [2.05, 4.69) is 34.4 Å². The Morgan fingerprint density at radius 1 is 0.625 bits per heavy atom. The lowest BCUT2D eigenvalue weighted by Gasteiger charge is -2.46. The molecular weight excluding hydrogens is 294 g/mol. The average molecular weight is 314 g/mol. The van der Waals surface area contributed by atoms with Crippen molar-refractivity contribution in [3.05, 3.63) is 103 Å². The zero-order valence-corrected chi connectivity index (χ0v) is 13.3. The Hall–Kier alpha value is -3.20. The summed E-state index contributed by atoms with van der Waals surface area (Å²) in [5.74, 6) is 0. The second kappa shape index (κ2) is 6.50. The van der Waals surface area contributed by atoms with Gasteiger partial charge in [-0.25, -0.2) is 5.01 Å². The predicted molar refractivity (Wildman–Crippen MR) is 101 cm³/mol. The van der Waals surface area contributed by atoms with Crippen molar-refractivity contribution in [1.82, 2.24) is 0 Å². The highest BCUT2D eigenvalue weighted by Crippen LogP contribution is 2.30. The molecule has 0 saturated heterocycles. The first-order valence-electron chi connectivity index (χ1n) is 8.52. The molecule has 4 rings (SSSR count). The summed E-state index contributed by atoms with van der Waals surface area (Å²) in [5, 5.41) is 6.25. The van der Waals surface area contributed by atoms with E-state index in [0.29, 0.717) is 12.6 Å². The SMILES string of the molecule is [2H]C1=CN(c2ccccc2)N(c2ccccc2)N(c2ccccc2)C1. The lowest BCUT2D eigenvalue weighted by atomic mass is 10.2. The van der Waals surface area contributed by atoms with Crippen LogP contribution in [-0.4, -0.2) is 6.54 Å². The van der Waals surface area contributed by atoms with E-state index < -0.39 is 0 Å². The molecule has 1 heterocycles. The molecule has 1 aliphatic rings. The minimum Gasteiger partial charge on any atom is -0.262 e. The number of para-hydroxylation sites is 3. The largest absolute Gasteiger partial charge is 0.262 e. The van der Waals surface area contributed by atoms with E-state index in [9.17, 15) is 0 Å². The summed E-state index contributed by atoms with van der Waals surface area (Å²) in [6.45, 7) is 0.516. The van der Waals surface area contributed by atoms with Crippen LogP contribution in [0, 0.1) is 0 Å². The van der Waals surface area contributed by atoms with Crippen molar-refractivity contribution >= 4 is 17.1 Å². The molecule has 0 fully saturated rings. The van der Waals surface area contributed by atoms with Crippen LogP contribution in [-0.2, 0) is 0 Å². The first kappa shape index (κ1) is 13.3. The fourth-order valence-corrected chi connectivity index (χ4v) is 2.84. The third-order valence-electron chi connectivity index (χ3n) is 3.95. The quantitative estimate of drug-likeness (QED) is 0.683. The summed E-state index contributed by atoms with van der Waals surface area (Å²) >= 11 is 0. The van der Waals surface area contributed by atoms with E-state index in [1.807, 2.05) is 77.9 Å². The van der Waals surface area contributed by atoms with Gasteiger partial charge in [0.05, 0.1) is 25.0 Å². The first-order valence-corrected chi connectivity index (χ1v) is 8.02. The molecular formula is C21H19N3. The molecule has 1 aliphatic heterocycles. The van der Waals surface area contributed by atoms with Crippen molar-refractivity contribution in [3.63, 3.8) is 0 Å². The van der Waals surface area contributed by atoms with Crippen molar-refractivity contribution in [1.29, 1.82) is 0 Å². The highest BCUT2D eigenvalue weighted by molar-refractivity contribution is 5.67. The monoisotopic (exact) mass is 314 g/mol. The van der Waals surface area contributed by atoms with E-state index in [1.165, 1.54) is 0 Å². The Kier molecular flexibility index (Phi) is 3.59. The molecule has 24 heavy (non-hydrogen) atoms. The van der Waals surface area contributed by atoms with Gasteiger partial charge in [0, 0.05) is 6.20 Å². The Bertz CT molecular complexity index is 850. The van der Waals surface area contributed by atoms with Crippen molar-refractivity contribution in [2.24, 2.45) is 0 Å². The van der Waals surface area contributed by atoms with Crippen LogP contribution < -0.4 is 15.1 Å². The van der Waals surface area contributed by atoms with Gasteiger partial charge in [-0.3, -0.25) is 5.01 Å². The van der Waals surface area contributed by atoms with Crippen LogP contribution in [0.1, 0.15) is 1.37 Å². The summed E-state index contributed by atoms with van der Waals surface area (Å²) < 4.78 is 8.34. The van der Waals surface area contributed by atoms with E-state index >= 15 is 0 Å². The van der Waals surface area contributed by atoms with Crippen LogP contribution >= 0.6 is 0 Å². The number of anilines is 3. The molecule has 0 bridgehead atoms. The maximum Gasteiger partial charge on any atom is 0.0820 e. The highest BCUT2D eigenvalue weighted by atomic mass is 15.9. The van der Waals surface area contributed by atoms with Gasteiger partial charge in [-0.2, -0.15) is 5.12 Å². The van der Waals surface area contributed by atoms with Crippen LogP contribution in [0.5, 0.6) is 0 Å². The number of rotatable bonds is 3. The second-order valence-corrected chi connectivity index (χ2v) is 5.53. The van der Waals surface area contributed by atoms with E-state index in [1.54, 1.807) is 0 Å². The van der Waals surface area contributed by atoms with Crippen molar-refractivity contribution in [2.75, 3.05) is 21.7 Å². The molecule has 0 aliphatic carbocycles. The molecule has 0 spiro atoms. The second-order valence-electron chi connectivity index (χ2n) is 5.53. The molecule has 0 unspecified atom stereocenters. The number of benzene rings is 3. The Morgan fingerprint density at radius 2 is 1.12 bits per heavy atom. The van der Waals surface area contributed by atoms with Crippen LogP contribution in [0.2, 0.25) is 0 Å². The van der Waals surface area contributed by atoms with Crippen molar-refractivity contribution in [2.45, 2.75) is 0 Å². The zero-order chi connectivity index (χ0) is 17.1. The fourth-order valence-electron chi connectivity index (χ4n) is 2.84. The van der Waals surface area contributed by atoms with Gasteiger partial charge in [0.15, 0.2) is 0 Å². The van der Waals surface area contributed by atoms with Crippen LogP contribution in [0.3, 0.4) is 0 Å². The minimum absolute atomic E-state index is 0.516. The molecule has 3 aromatic carbocycles. The van der Waals surface area contributed by atoms with Gasteiger partial charge >= 0.3 is 0 Å². The van der Waals surface area contributed by atoms with Gasteiger partial charge < -0.3 is 0 Å². The van der Waals surface area contributed by atoms with Gasteiger partial charge in [0.1, 0.15) is 0 Å². The summed E-state index contributed by atoms with van der Waals surface area (Å²) in [4.78, 5) is 0. The molecule has 3 nitrogen and oxygen atoms in total. The van der Waals surface area contributed by atoms with Crippen LogP contribution in [0.4, 0.5) is 17.1 Å². The summed E-state index contributed by atoms with van der Waals surface area (Å²) in [6.07, 6.45) is 1.88. The fraction of sp³-hybridized carbons (Fsp3) is 0.0476. The van der Waals surface area contributed by atoms with Crippen LogP contribution in [0.15, 0.2) is 103 Å². The Balaban J connectivity index is 1.85. The van der Waals surface area contributed by atoms with Gasteiger partial charge in [0.2, 0.25) is 0 Å². The molecule has 0 radical (unpaired) electrons. The average Bonchev–Trinajstić information content (AvgIpc) is 2.69. The molecule has 0 amide bonds. The number of hydrogen-bond donors (Lipinski definition) is 0. The van der Waals surface area contributed by atoms with Gasteiger partial charge in [-0.15, -0.1) is 0 Å². The molecule has 0 saturated carbocycles. The van der Waals surface area contributed by atoms with Crippen LogP contribution in [0.25, 0.3) is 0 Å². The summed E-state index contributed by atoms with van der Waals surface area (Å²) in [7, 11) is 0. The van der Waals surface area contributed by atoms with Gasteiger partial charge in [-0.05, 0) is 42.5 Å². The van der Waals surface area contributed by atoms with E-state index in [0.717, 1.165) is 17.1 Å². The molecule has 118 valence electrons. The van der Waals surface area contributed by atoms with E-state index in [-0.39, 0.29) is 0 Å². The van der Waals surface area contributed by atoms with Gasteiger partial charge in [-0.1, -0.05) is 54.6 Å². The first-order chi connectivity index (χ1) is 12.3. The maximum atomic E-state index is 8.34. The summed E-state index contributed by atoms with van der Waals surface area (Å²) in [6, 6.07) is 31.1. The Morgan fingerprint density at radius 3 is 1.71 bits per heavy atom. The normalized spacial score (nSPS) is 15.1. The molecule has 0 N–H and O–H groups in total. The molecule has 3 aromatic rings. The standard InChI is InChI=1S/C21H19N3/c1-4-11-19(12-5-1)22-17-10-18-23(20-13-6-2-7-14-20)24(22)21-15-8-3-9-16-21/h1-17H,18H2/i10D. The lowest BCUT2D eigenvalue weighted by molar-refractivity contribution is 0.731. The van der Waals surface area contributed by atoms with Crippen molar-refractivity contribution < 1.29 is 1.37 Å². The topological polar surface area (TPSA) is 9.72 Å². The van der Waals surface area contributed by atoms with Gasteiger partial charge in [0.25, 0.3) is 0 Å². The summed E-state index contributed by atoms with van der Waals surface area (Å²) in [5.41, 5.74) is 3.10. The smallest absolute Gasteiger partial charge is 0.0820 e. The predicted octanol–water partition coefficient (Wildman–Crippen LogP) is 4.86. The number of nitrogens with zero attached hydrogens (tertiary/aromatic N) is 3. The minimum atomic E-state index is 0.516. The Labute approximate surface area is 144 Å². The maximum absolute atomic E-state index is 8.34. The molecule has 0 aromatic heterocycles. The number of hydrazine groups is 2. The molecule has 3 heteroatoms.